The van der Waals surface area contributed by atoms with Gasteiger partial charge in [-0.15, -0.1) is 0 Å². The smallest absolute Gasteiger partial charge is 0.221 e. The highest BCUT2D eigenvalue weighted by Crippen LogP contribution is 2.30. The molecule has 1 aromatic heterocycles. The summed E-state index contributed by atoms with van der Waals surface area (Å²) in [4.78, 5) is 0. The van der Waals surface area contributed by atoms with Crippen LogP contribution in [-0.2, 0) is 12.4 Å². The molecule has 0 aliphatic heterocycles. The van der Waals surface area contributed by atoms with E-state index in [1.54, 1.807) is 17.8 Å². The van der Waals surface area contributed by atoms with Crippen molar-refractivity contribution in [1.82, 2.24) is 9.78 Å². The Balaban J connectivity index is 2.39. The Morgan fingerprint density at radius 1 is 1.39 bits per heavy atom. The van der Waals surface area contributed by atoms with E-state index in [0.29, 0.717) is 21.4 Å². The Labute approximate surface area is 121 Å². The molecule has 1 heterocycles. The van der Waals surface area contributed by atoms with Crippen LogP contribution in [0.5, 0.6) is 11.6 Å². The van der Waals surface area contributed by atoms with Gasteiger partial charge in [-0.1, -0.05) is 31.9 Å². The average molecular weight is 378 g/mol. The molecule has 0 fully saturated rings. The lowest BCUT2D eigenvalue weighted by Gasteiger charge is -2.08. The van der Waals surface area contributed by atoms with Crippen LogP contribution in [0.4, 0.5) is 4.39 Å². The number of benzene rings is 1. The third-order valence-electron chi connectivity index (χ3n) is 2.47. The number of halogens is 3. The molecule has 0 spiro atoms. The van der Waals surface area contributed by atoms with Gasteiger partial charge >= 0.3 is 0 Å². The highest BCUT2D eigenvalue weighted by Gasteiger charge is 2.14. The first-order valence-electron chi connectivity index (χ1n) is 5.23. The largest absolute Gasteiger partial charge is 0.439 e. The summed E-state index contributed by atoms with van der Waals surface area (Å²) in [5, 5.41) is 4.92. The van der Waals surface area contributed by atoms with Crippen molar-refractivity contribution < 1.29 is 9.13 Å². The van der Waals surface area contributed by atoms with E-state index in [1.807, 2.05) is 6.92 Å². The number of alkyl halides is 1. The molecule has 6 heteroatoms. The van der Waals surface area contributed by atoms with Crippen molar-refractivity contribution in [1.29, 1.82) is 0 Å². The highest BCUT2D eigenvalue weighted by atomic mass is 79.9. The summed E-state index contributed by atoms with van der Waals surface area (Å²) in [6.07, 6.45) is 0. The minimum Gasteiger partial charge on any atom is -0.439 e. The second-order valence-electron chi connectivity index (χ2n) is 3.83. The van der Waals surface area contributed by atoms with E-state index in [2.05, 4.69) is 37.0 Å². The molecule has 96 valence electrons. The maximum atomic E-state index is 13.3. The Morgan fingerprint density at radius 3 is 2.72 bits per heavy atom. The second-order valence-corrected chi connectivity index (χ2v) is 5.31. The standard InChI is InChI=1S/C12H11Br2FN2O/c1-7-11(6-13)12(17(2)16-7)18-10-4-8(14)3-9(15)5-10/h3-5H,6H2,1-2H3. The summed E-state index contributed by atoms with van der Waals surface area (Å²) >= 11 is 6.63. The van der Waals surface area contributed by atoms with E-state index in [4.69, 9.17) is 4.74 Å². The topological polar surface area (TPSA) is 27.1 Å². The number of aryl methyl sites for hydroxylation is 2. The van der Waals surface area contributed by atoms with E-state index in [1.165, 1.54) is 12.1 Å². The summed E-state index contributed by atoms with van der Waals surface area (Å²) in [7, 11) is 1.79. The fourth-order valence-corrected chi connectivity index (χ4v) is 2.75. The molecular formula is C12H11Br2FN2O. The van der Waals surface area contributed by atoms with Crippen molar-refractivity contribution in [3.8, 4) is 11.6 Å². The van der Waals surface area contributed by atoms with Crippen LogP contribution >= 0.6 is 31.9 Å². The maximum absolute atomic E-state index is 13.3. The van der Waals surface area contributed by atoms with E-state index in [9.17, 15) is 4.39 Å². The Bertz CT molecular complexity index is 563. The predicted octanol–water partition coefficient (Wildman–Crippen LogP) is 4.32. The van der Waals surface area contributed by atoms with E-state index < -0.39 is 0 Å². The zero-order chi connectivity index (χ0) is 13.3. The monoisotopic (exact) mass is 376 g/mol. The number of hydrogen-bond donors (Lipinski definition) is 0. The molecule has 0 saturated heterocycles. The van der Waals surface area contributed by atoms with E-state index >= 15 is 0 Å². The average Bonchev–Trinajstić information content (AvgIpc) is 2.52. The Hall–Kier alpha value is -0.880. The summed E-state index contributed by atoms with van der Waals surface area (Å²) < 4.78 is 21.3. The molecule has 3 nitrogen and oxygen atoms in total. The summed E-state index contributed by atoms with van der Waals surface area (Å²) in [6.45, 7) is 1.91. The molecular weight excluding hydrogens is 367 g/mol. The van der Waals surface area contributed by atoms with Gasteiger partial charge < -0.3 is 4.74 Å². The number of hydrogen-bond acceptors (Lipinski definition) is 2. The van der Waals surface area contributed by atoms with Gasteiger partial charge in [-0.2, -0.15) is 5.10 Å². The molecule has 0 saturated carbocycles. The van der Waals surface area contributed by atoms with Gasteiger partial charge in [0.15, 0.2) is 0 Å². The minimum atomic E-state index is -0.348. The van der Waals surface area contributed by atoms with Crippen molar-refractivity contribution >= 4 is 31.9 Å². The van der Waals surface area contributed by atoms with Crippen molar-refractivity contribution in [2.24, 2.45) is 7.05 Å². The maximum Gasteiger partial charge on any atom is 0.221 e. The first-order valence-corrected chi connectivity index (χ1v) is 7.15. The molecule has 0 unspecified atom stereocenters. The van der Waals surface area contributed by atoms with Gasteiger partial charge in [0.1, 0.15) is 11.6 Å². The third kappa shape index (κ3) is 2.75. The lowest BCUT2D eigenvalue weighted by molar-refractivity contribution is 0.424. The van der Waals surface area contributed by atoms with Gasteiger partial charge in [-0.05, 0) is 19.1 Å². The Kier molecular flexibility index (Phi) is 4.07. The van der Waals surface area contributed by atoms with Gasteiger partial charge in [0, 0.05) is 28.5 Å². The molecule has 1 aromatic carbocycles. The number of ether oxygens (including phenoxy) is 1. The van der Waals surface area contributed by atoms with Crippen LogP contribution in [-0.4, -0.2) is 9.78 Å². The molecule has 18 heavy (non-hydrogen) atoms. The Morgan fingerprint density at radius 2 is 2.11 bits per heavy atom. The molecule has 0 amide bonds. The fraction of sp³-hybridized carbons (Fsp3) is 0.250. The molecule has 2 rings (SSSR count). The molecule has 0 bridgehead atoms. The third-order valence-corrected chi connectivity index (χ3v) is 3.49. The lowest BCUT2D eigenvalue weighted by Crippen LogP contribution is -1.96. The van der Waals surface area contributed by atoms with Crippen molar-refractivity contribution in [2.75, 3.05) is 0 Å². The van der Waals surface area contributed by atoms with Crippen molar-refractivity contribution in [2.45, 2.75) is 12.3 Å². The van der Waals surface area contributed by atoms with Gasteiger partial charge in [0.2, 0.25) is 5.88 Å². The van der Waals surface area contributed by atoms with Crippen LogP contribution in [0.2, 0.25) is 0 Å². The van der Waals surface area contributed by atoms with Gasteiger partial charge in [-0.25, -0.2) is 9.07 Å². The first kappa shape index (κ1) is 13.5. The number of nitrogens with zero attached hydrogens (tertiary/aromatic N) is 2. The van der Waals surface area contributed by atoms with Crippen LogP contribution in [0.1, 0.15) is 11.3 Å². The quantitative estimate of drug-likeness (QED) is 0.745. The fourth-order valence-electron chi connectivity index (χ4n) is 1.66. The summed E-state index contributed by atoms with van der Waals surface area (Å²) in [6, 6.07) is 4.43. The normalized spacial score (nSPS) is 10.7. The molecule has 0 aliphatic carbocycles. The molecule has 0 aliphatic rings. The molecule has 0 N–H and O–H groups in total. The van der Waals surface area contributed by atoms with Crippen molar-refractivity contribution in [3.63, 3.8) is 0 Å². The zero-order valence-corrected chi connectivity index (χ0v) is 13.0. The lowest BCUT2D eigenvalue weighted by atomic mass is 10.3. The van der Waals surface area contributed by atoms with Crippen LogP contribution in [0.25, 0.3) is 0 Å². The van der Waals surface area contributed by atoms with Crippen LogP contribution in [0.3, 0.4) is 0 Å². The minimum absolute atomic E-state index is 0.348. The second kappa shape index (κ2) is 5.40. The first-order chi connectivity index (χ1) is 8.51. The summed E-state index contributed by atoms with van der Waals surface area (Å²) in [5.41, 5.74) is 1.85. The molecule has 2 aromatic rings. The zero-order valence-electron chi connectivity index (χ0n) is 9.88. The summed E-state index contributed by atoms with van der Waals surface area (Å²) in [5.74, 6) is 0.701. The SMILES string of the molecule is Cc1nn(C)c(Oc2cc(F)cc(Br)c2)c1CBr. The van der Waals surface area contributed by atoms with Crippen LogP contribution in [0.15, 0.2) is 22.7 Å². The van der Waals surface area contributed by atoms with E-state index in [-0.39, 0.29) is 5.82 Å². The van der Waals surface area contributed by atoms with Gasteiger partial charge in [-0.3, -0.25) is 0 Å². The van der Waals surface area contributed by atoms with Crippen molar-refractivity contribution in [3.05, 3.63) is 39.7 Å². The number of rotatable bonds is 3. The van der Waals surface area contributed by atoms with Gasteiger partial charge in [0.25, 0.3) is 0 Å². The van der Waals surface area contributed by atoms with Gasteiger partial charge in [0.05, 0.1) is 5.69 Å². The molecule has 0 atom stereocenters. The van der Waals surface area contributed by atoms with Crippen LogP contribution < -0.4 is 4.74 Å². The predicted molar refractivity (Wildman–Crippen MR) is 74.8 cm³/mol. The van der Waals surface area contributed by atoms with Crippen LogP contribution in [0, 0.1) is 12.7 Å². The number of aromatic nitrogens is 2. The molecule has 0 radical (unpaired) electrons. The van der Waals surface area contributed by atoms with E-state index in [0.717, 1.165) is 11.3 Å². The highest BCUT2D eigenvalue weighted by molar-refractivity contribution is 9.10.